The molecule has 0 spiro atoms. The maximum Gasteiger partial charge on any atom is 0.373 e. The standard InChI is InChI=1S/C15H17NO3/c1-5-11-13(15(17)18)19-14(16-11)12-9(3)6-8(2)7-10(12)4/h6-7H,5H2,1-4H3,(H,17,18). The van der Waals surface area contributed by atoms with Crippen molar-refractivity contribution in [3.8, 4) is 11.5 Å². The summed E-state index contributed by atoms with van der Waals surface area (Å²) in [5, 5.41) is 9.11. The van der Waals surface area contributed by atoms with Gasteiger partial charge >= 0.3 is 5.97 Å². The number of carboxylic acid groups (broad SMARTS) is 1. The van der Waals surface area contributed by atoms with Crippen LogP contribution in [0.15, 0.2) is 16.5 Å². The van der Waals surface area contributed by atoms with Crippen LogP contribution < -0.4 is 0 Å². The van der Waals surface area contributed by atoms with Crippen molar-refractivity contribution in [3.05, 3.63) is 40.3 Å². The highest BCUT2D eigenvalue weighted by Crippen LogP contribution is 2.29. The molecule has 0 fully saturated rings. The van der Waals surface area contributed by atoms with Gasteiger partial charge in [0, 0.05) is 5.56 Å². The number of hydrogen-bond acceptors (Lipinski definition) is 3. The van der Waals surface area contributed by atoms with Crippen LogP contribution in [0.2, 0.25) is 0 Å². The molecule has 0 aliphatic rings. The SMILES string of the molecule is CCc1nc(-c2c(C)cc(C)cc2C)oc1C(=O)O. The third kappa shape index (κ3) is 2.38. The molecular weight excluding hydrogens is 242 g/mol. The fourth-order valence-corrected chi connectivity index (χ4v) is 2.38. The van der Waals surface area contributed by atoms with Crippen molar-refractivity contribution >= 4 is 5.97 Å². The van der Waals surface area contributed by atoms with E-state index in [2.05, 4.69) is 4.98 Å². The lowest BCUT2D eigenvalue weighted by molar-refractivity contribution is 0.0662. The van der Waals surface area contributed by atoms with E-state index in [4.69, 9.17) is 9.52 Å². The number of carboxylic acids is 1. The fraction of sp³-hybridized carbons (Fsp3) is 0.333. The van der Waals surface area contributed by atoms with Crippen LogP contribution in [0.25, 0.3) is 11.5 Å². The number of carbonyl (C=O) groups is 1. The first-order chi connectivity index (χ1) is 8.93. The third-order valence-corrected chi connectivity index (χ3v) is 3.12. The van der Waals surface area contributed by atoms with Crippen LogP contribution in [0.3, 0.4) is 0 Å². The Labute approximate surface area is 112 Å². The van der Waals surface area contributed by atoms with Gasteiger partial charge in [-0.1, -0.05) is 24.6 Å². The summed E-state index contributed by atoms with van der Waals surface area (Å²) in [6.45, 7) is 7.85. The van der Waals surface area contributed by atoms with Crippen molar-refractivity contribution in [2.24, 2.45) is 0 Å². The summed E-state index contributed by atoms with van der Waals surface area (Å²) in [6, 6.07) is 4.08. The van der Waals surface area contributed by atoms with Gasteiger partial charge in [0.1, 0.15) is 0 Å². The van der Waals surface area contributed by atoms with E-state index in [9.17, 15) is 4.79 Å². The van der Waals surface area contributed by atoms with E-state index in [1.54, 1.807) is 0 Å². The van der Waals surface area contributed by atoms with Crippen molar-refractivity contribution in [1.82, 2.24) is 4.98 Å². The first-order valence-electron chi connectivity index (χ1n) is 6.25. The average Bonchev–Trinajstić information content (AvgIpc) is 2.71. The summed E-state index contributed by atoms with van der Waals surface area (Å²) in [4.78, 5) is 15.4. The first-order valence-corrected chi connectivity index (χ1v) is 6.25. The molecule has 0 radical (unpaired) electrons. The number of hydrogen-bond donors (Lipinski definition) is 1. The number of benzene rings is 1. The lowest BCUT2D eigenvalue weighted by Crippen LogP contribution is -1.98. The van der Waals surface area contributed by atoms with E-state index in [1.165, 1.54) is 5.56 Å². The van der Waals surface area contributed by atoms with E-state index in [0.29, 0.717) is 18.0 Å². The topological polar surface area (TPSA) is 63.3 Å². The molecule has 100 valence electrons. The molecule has 0 aliphatic heterocycles. The van der Waals surface area contributed by atoms with Crippen LogP contribution in [0.1, 0.15) is 39.9 Å². The van der Waals surface area contributed by atoms with E-state index in [1.807, 2.05) is 39.8 Å². The zero-order valence-electron chi connectivity index (χ0n) is 11.6. The highest BCUT2D eigenvalue weighted by molar-refractivity contribution is 5.86. The normalized spacial score (nSPS) is 10.7. The molecule has 0 saturated carbocycles. The summed E-state index contributed by atoms with van der Waals surface area (Å²) in [7, 11) is 0. The Morgan fingerprint density at radius 2 is 1.84 bits per heavy atom. The van der Waals surface area contributed by atoms with Gasteiger partial charge < -0.3 is 9.52 Å². The summed E-state index contributed by atoms with van der Waals surface area (Å²) < 4.78 is 5.44. The molecule has 4 heteroatoms. The second-order valence-corrected chi connectivity index (χ2v) is 4.73. The van der Waals surface area contributed by atoms with Gasteiger partial charge in [0.25, 0.3) is 0 Å². The molecule has 1 aromatic heterocycles. The monoisotopic (exact) mass is 259 g/mol. The maximum atomic E-state index is 11.1. The minimum Gasteiger partial charge on any atom is -0.475 e. The van der Waals surface area contributed by atoms with Crippen LogP contribution in [0, 0.1) is 20.8 Å². The van der Waals surface area contributed by atoms with E-state index < -0.39 is 5.97 Å². The first kappa shape index (κ1) is 13.3. The van der Waals surface area contributed by atoms with Gasteiger partial charge in [0.15, 0.2) is 0 Å². The molecule has 1 N–H and O–H groups in total. The molecule has 0 unspecified atom stereocenters. The van der Waals surface area contributed by atoms with Crippen molar-refractivity contribution in [1.29, 1.82) is 0 Å². The summed E-state index contributed by atoms with van der Waals surface area (Å²) in [5.74, 6) is -0.737. The second kappa shape index (κ2) is 4.88. The zero-order chi connectivity index (χ0) is 14.2. The van der Waals surface area contributed by atoms with Gasteiger partial charge in [-0.05, 0) is 38.3 Å². The molecule has 19 heavy (non-hydrogen) atoms. The van der Waals surface area contributed by atoms with Crippen LogP contribution >= 0.6 is 0 Å². The molecule has 4 nitrogen and oxygen atoms in total. The lowest BCUT2D eigenvalue weighted by atomic mass is 10.00. The van der Waals surface area contributed by atoms with Crippen LogP contribution in [0.5, 0.6) is 0 Å². The van der Waals surface area contributed by atoms with Gasteiger partial charge in [-0.25, -0.2) is 9.78 Å². The predicted molar refractivity (Wildman–Crippen MR) is 72.5 cm³/mol. The Kier molecular flexibility index (Phi) is 3.42. The van der Waals surface area contributed by atoms with Crippen molar-refractivity contribution in [3.63, 3.8) is 0 Å². The molecule has 2 aromatic rings. The van der Waals surface area contributed by atoms with Crippen molar-refractivity contribution < 1.29 is 14.3 Å². The zero-order valence-corrected chi connectivity index (χ0v) is 11.6. The largest absolute Gasteiger partial charge is 0.475 e. The van der Waals surface area contributed by atoms with Gasteiger partial charge in [-0.15, -0.1) is 0 Å². The van der Waals surface area contributed by atoms with Gasteiger partial charge in [-0.3, -0.25) is 0 Å². The Balaban J connectivity index is 2.63. The van der Waals surface area contributed by atoms with Crippen molar-refractivity contribution in [2.45, 2.75) is 34.1 Å². The Hall–Kier alpha value is -2.10. The van der Waals surface area contributed by atoms with E-state index >= 15 is 0 Å². The molecule has 0 bridgehead atoms. The number of aromatic nitrogens is 1. The quantitative estimate of drug-likeness (QED) is 0.915. The van der Waals surface area contributed by atoms with E-state index in [-0.39, 0.29) is 5.76 Å². The van der Waals surface area contributed by atoms with Gasteiger partial charge in [0.05, 0.1) is 5.69 Å². The summed E-state index contributed by atoms with van der Waals surface area (Å²) in [5.41, 5.74) is 4.62. The number of oxazole rings is 1. The number of aryl methyl sites for hydroxylation is 4. The Morgan fingerprint density at radius 3 is 2.26 bits per heavy atom. The summed E-state index contributed by atoms with van der Waals surface area (Å²) >= 11 is 0. The second-order valence-electron chi connectivity index (χ2n) is 4.73. The predicted octanol–water partition coefficient (Wildman–Crippen LogP) is 3.53. The van der Waals surface area contributed by atoms with Crippen LogP contribution in [-0.2, 0) is 6.42 Å². The minimum atomic E-state index is -1.07. The fourth-order valence-electron chi connectivity index (χ4n) is 2.38. The molecule has 2 rings (SSSR count). The number of aromatic carboxylic acids is 1. The maximum absolute atomic E-state index is 11.1. The number of nitrogens with zero attached hydrogens (tertiary/aromatic N) is 1. The molecule has 0 aliphatic carbocycles. The van der Waals surface area contributed by atoms with Crippen molar-refractivity contribution in [2.75, 3.05) is 0 Å². The van der Waals surface area contributed by atoms with Gasteiger partial charge in [0.2, 0.25) is 11.7 Å². The molecule has 0 amide bonds. The highest BCUT2D eigenvalue weighted by atomic mass is 16.4. The third-order valence-electron chi connectivity index (χ3n) is 3.12. The molecule has 0 atom stereocenters. The minimum absolute atomic E-state index is 0.0584. The average molecular weight is 259 g/mol. The molecule has 1 heterocycles. The molecule has 1 aromatic carbocycles. The summed E-state index contributed by atoms with van der Waals surface area (Å²) in [6.07, 6.45) is 0.537. The smallest absolute Gasteiger partial charge is 0.373 e. The van der Waals surface area contributed by atoms with E-state index in [0.717, 1.165) is 16.7 Å². The Morgan fingerprint density at radius 1 is 1.26 bits per heavy atom. The number of rotatable bonds is 3. The van der Waals surface area contributed by atoms with Crippen LogP contribution in [-0.4, -0.2) is 16.1 Å². The van der Waals surface area contributed by atoms with Crippen LogP contribution in [0.4, 0.5) is 0 Å². The molecular formula is C15H17NO3. The Bertz CT molecular complexity index is 618. The highest BCUT2D eigenvalue weighted by Gasteiger charge is 2.21. The van der Waals surface area contributed by atoms with Gasteiger partial charge in [-0.2, -0.15) is 0 Å². The molecule has 0 saturated heterocycles. The lowest BCUT2D eigenvalue weighted by Gasteiger charge is -2.07.